The number of rotatable bonds is 3. The molecule has 0 aliphatic heterocycles. The molecule has 2 aromatic heterocycles. The van der Waals surface area contributed by atoms with Crippen molar-refractivity contribution >= 4 is 11.8 Å². The summed E-state index contributed by atoms with van der Waals surface area (Å²) in [5.74, 6) is -0.945. The molecule has 0 bridgehead atoms. The molecule has 5 heteroatoms. The maximum atomic E-state index is 12.2. The number of hydrogen-bond acceptors (Lipinski definition) is 5. The van der Waals surface area contributed by atoms with E-state index in [-0.39, 0.29) is 17.0 Å². The van der Waals surface area contributed by atoms with Crippen LogP contribution in [0.15, 0.2) is 42.9 Å². The Morgan fingerprint density at radius 3 is 2.61 bits per heavy atom. The first-order valence-corrected chi connectivity index (χ1v) is 5.22. The van der Waals surface area contributed by atoms with E-state index in [1.54, 1.807) is 24.4 Å². The molecule has 0 aliphatic carbocycles. The summed E-state index contributed by atoms with van der Waals surface area (Å²) in [6.45, 7) is 0. The highest BCUT2D eigenvalue weighted by Crippen LogP contribution is 2.12. The summed E-state index contributed by atoms with van der Waals surface area (Å²) < 4.78 is 4.59. The van der Waals surface area contributed by atoms with E-state index in [2.05, 4.69) is 14.7 Å². The molecule has 18 heavy (non-hydrogen) atoms. The number of esters is 1. The molecule has 0 unspecified atom stereocenters. The molecule has 0 saturated carbocycles. The van der Waals surface area contributed by atoms with Gasteiger partial charge in [0, 0.05) is 24.2 Å². The highest BCUT2D eigenvalue weighted by Gasteiger charge is 2.19. The fourth-order valence-corrected chi connectivity index (χ4v) is 1.50. The second-order valence-electron chi connectivity index (χ2n) is 3.46. The van der Waals surface area contributed by atoms with Crippen molar-refractivity contribution in [3.63, 3.8) is 0 Å². The Morgan fingerprint density at radius 2 is 1.94 bits per heavy atom. The zero-order chi connectivity index (χ0) is 13.0. The van der Waals surface area contributed by atoms with Gasteiger partial charge in [0.05, 0.1) is 12.7 Å². The van der Waals surface area contributed by atoms with Crippen molar-refractivity contribution in [1.82, 2.24) is 9.97 Å². The van der Waals surface area contributed by atoms with Gasteiger partial charge in [-0.05, 0) is 24.3 Å². The minimum Gasteiger partial charge on any atom is -0.464 e. The molecule has 0 fully saturated rings. The average molecular weight is 242 g/mol. The van der Waals surface area contributed by atoms with Crippen molar-refractivity contribution in [3.05, 3.63) is 59.7 Å². The topological polar surface area (TPSA) is 69.2 Å². The van der Waals surface area contributed by atoms with Crippen LogP contribution in [0.25, 0.3) is 0 Å². The molecule has 5 nitrogen and oxygen atoms in total. The largest absolute Gasteiger partial charge is 0.464 e. The Labute approximate surface area is 103 Å². The molecule has 90 valence electrons. The SMILES string of the molecule is COC(=O)c1ncccc1C(=O)c1cccnc1. The quantitative estimate of drug-likeness (QED) is 0.602. The van der Waals surface area contributed by atoms with E-state index in [4.69, 9.17) is 0 Å². The molecule has 0 aliphatic rings. The Bertz CT molecular complexity index is 582. The minimum atomic E-state index is -0.636. The van der Waals surface area contributed by atoms with Gasteiger partial charge < -0.3 is 4.74 Å². The van der Waals surface area contributed by atoms with Gasteiger partial charge in [-0.15, -0.1) is 0 Å². The van der Waals surface area contributed by atoms with E-state index in [9.17, 15) is 9.59 Å². The van der Waals surface area contributed by atoms with Crippen molar-refractivity contribution in [2.24, 2.45) is 0 Å². The van der Waals surface area contributed by atoms with Crippen molar-refractivity contribution < 1.29 is 14.3 Å². The Balaban J connectivity index is 2.46. The summed E-state index contributed by atoms with van der Waals surface area (Å²) >= 11 is 0. The smallest absolute Gasteiger partial charge is 0.357 e. The monoisotopic (exact) mass is 242 g/mol. The lowest BCUT2D eigenvalue weighted by Crippen LogP contribution is -2.13. The van der Waals surface area contributed by atoms with Crippen LogP contribution in [-0.2, 0) is 4.74 Å². The Kier molecular flexibility index (Phi) is 3.43. The summed E-state index contributed by atoms with van der Waals surface area (Å²) in [7, 11) is 1.25. The average Bonchev–Trinajstić information content (AvgIpc) is 2.46. The molecule has 0 aromatic carbocycles. The number of nitrogens with zero attached hydrogens (tertiary/aromatic N) is 2. The number of ether oxygens (including phenoxy) is 1. The van der Waals surface area contributed by atoms with Gasteiger partial charge in [-0.3, -0.25) is 9.78 Å². The zero-order valence-electron chi connectivity index (χ0n) is 9.66. The van der Waals surface area contributed by atoms with E-state index in [0.29, 0.717) is 5.56 Å². The van der Waals surface area contributed by atoms with Gasteiger partial charge in [0.25, 0.3) is 0 Å². The molecule has 0 spiro atoms. The molecule has 0 N–H and O–H groups in total. The van der Waals surface area contributed by atoms with Crippen LogP contribution in [0.5, 0.6) is 0 Å². The molecule has 0 atom stereocenters. The third-order valence-corrected chi connectivity index (χ3v) is 2.35. The summed E-state index contributed by atoms with van der Waals surface area (Å²) in [5.41, 5.74) is 0.613. The van der Waals surface area contributed by atoms with Crippen molar-refractivity contribution in [2.75, 3.05) is 7.11 Å². The summed E-state index contributed by atoms with van der Waals surface area (Å²) in [6, 6.07) is 6.41. The standard InChI is InChI=1S/C13H10N2O3/c1-18-13(17)11-10(5-3-7-15-11)12(16)9-4-2-6-14-8-9/h2-8H,1H3. The first kappa shape index (κ1) is 11.9. The van der Waals surface area contributed by atoms with E-state index in [1.807, 2.05) is 0 Å². The van der Waals surface area contributed by atoms with Gasteiger partial charge in [-0.2, -0.15) is 0 Å². The van der Waals surface area contributed by atoms with Crippen LogP contribution in [-0.4, -0.2) is 28.8 Å². The number of hydrogen-bond donors (Lipinski definition) is 0. The number of aromatic nitrogens is 2. The number of carbonyl (C=O) groups excluding carboxylic acids is 2. The summed E-state index contributed by atoms with van der Waals surface area (Å²) in [5, 5.41) is 0. The number of carbonyl (C=O) groups is 2. The predicted molar refractivity (Wildman–Crippen MR) is 63.2 cm³/mol. The van der Waals surface area contributed by atoms with Crippen LogP contribution >= 0.6 is 0 Å². The molecule has 0 amide bonds. The second-order valence-corrected chi connectivity index (χ2v) is 3.46. The third-order valence-electron chi connectivity index (χ3n) is 2.35. The fraction of sp³-hybridized carbons (Fsp3) is 0.0769. The van der Waals surface area contributed by atoms with Gasteiger partial charge in [0.1, 0.15) is 0 Å². The lowest BCUT2D eigenvalue weighted by Gasteiger charge is -2.05. The first-order chi connectivity index (χ1) is 8.74. The highest BCUT2D eigenvalue weighted by molar-refractivity contribution is 6.13. The third kappa shape index (κ3) is 2.24. The van der Waals surface area contributed by atoms with Crippen LogP contribution in [0.4, 0.5) is 0 Å². The van der Waals surface area contributed by atoms with Crippen LogP contribution in [0.3, 0.4) is 0 Å². The van der Waals surface area contributed by atoms with Gasteiger partial charge in [-0.25, -0.2) is 9.78 Å². The normalized spacial score (nSPS) is 9.83. The van der Waals surface area contributed by atoms with Crippen molar-refractivity contribution in [1.29, 1.82) is 0 Å². The molecule has 0 saturated heterocycles. The van der Waals surface area contributed by atoms with Gasteiger partial charge in [0.2, 0.25) is 0 Å². The molecule has 0 radical (unpaired) electrons. The minimum absolute atomic E-state index is 0.00820. The highest BCUT2D eigenvalue weighted by atomic mass is 16.5. The van der Waals surface area contributed by atoms with Crippen LogP contribution in [0.1, 0.15) is 26.4 Å². The Hall–Kier alpha value is -2.56. The lowest BCUT2D eigenvalue weighted by molar-refractivity contribution is 0.0590. The number of methoxy groups -OCH3 is 1. The van der Waals surface area contributed by atoms with E-state index < -0.39 is 5.97 Å². The second kappa shape index (κ2) is 5.18. The van der Waals surface area contributed by atoms with E-state index in [1.165, 1.54) is 25.6 Å². The maximum absolute atomic E-state index is 12.2. The van der Waals surface area contributed by atoms with E-state index >= 15 is 0 Å². The molecule has 2 aromatic rings. The maximum Gasteiger partial charge on any atom is 0.357 e. The molecule has 2 heterocycles. The van der Waals surface area contributed by atoms with E-state index in [0.717, 1.165) is 0 Å². The molecule has 2 rings (SSSR count). The van der Waals surface area contributed by atoms with Crippen LogP contribution < -0.4 is 0 Å². The predicted octanol–water partition coefficient (Wildman–Crippen LogP) is 1.49. The van der Waals surface area contributed by atoms with Crippen LogP contribution in [0, 0.1) is 0 Å². The van der Waals surface area contributed by atoms with Crippen molar-refractivity contribution in [3.8, 4) is 0 Å². The molecular formula is C13H10N2O3. The van der Waals surface area contributed by atoms with Crippen molar-refractivity contribution in [2.45, 2.75) is 0 Å². The molecular weight excluding hydrogens is 232 g/mol. The lowest BCUT2D eigenvalue weighted by atomic mass is 10.0. The Morgan fingerprint density at radius 1 is 1.17 bits per heavy atom. The van der Waals surface area contributed by atoms with Gasteiger partial charge in [0.15, 0.2) is 11.5 Å². The van der Waals surface area contributed by atoms with Crippen LogP contribution in [0.2, 0.25) is 0 Å². The summed E-state index contributed by atoms with van der Waals surface area (Å²) in [4.78, 5) is 31.5. The summed E-state index contributed by atoms with van der Waals surface area (Å²) in [6.07, 6.45) is 4.45. The number of pyridine rings is 2. The first-order valence-electron chi connectivity index (χ1n) is 5.22. The zero-order valence-corrected chi connectivity index (χ0v) is 9.66. The fourth-order valence-electron chi connectivity index (χ4n) is 1.50. The van der Waals surface area contributed by atoms with Gasteiger partial charge >= 0.3 is 5.97 Å². The number of ketones is 1. The van der Waals surface area contributed by atoms with Gasteiger partial charge in [-0.1, -0.05) is 0 Å².